The second-order valence-electron chi connectivity index (χ2n) is 3.61. The average Bonchev–Trinajstić information content (AvgIpc) is 2.10. The molecule has 14 heavy (non-hydrogen) atoms. The maximum atomic E-state index is 12.9. The molecule has 0 aromatic heterocycles. The first-order valence-corrected chi connectivity index (χ1v) is 5.56. The molecule has 0 radical (unpaired) electrons. The van der Waals surface area contributed by atoms with E-state index in [1.165, 1.54) is 6.07 Å². The fourth-order valence-electron chi connectivity index (χ4n) is 1.20. The summed E-state index contributed by atoms with van der Waals surface area (Å²) < 4.78 is 13.4. The minimum absolute atomic E-state index is 0.203. The number of hydrogen-bond acceptors (Lipinski definition) is 1. The molecule has 0 saturated heterocycles. The Bertz CT molecular complexity index is 299. The van der Waals surface area contributed by atoms with Crippen LogP contribution in [0.5, 0.6) is 0 Å². The molecule has 0 heterocycles. The zero-order valence-corrected chi connectivity index (χ0v) is 10.1. The maximum absolute atomic E-state index is 12.9. The Hall–Kier alpha value is -0.410. The van der Waals surface area contributed by atoms with Gasteiger partial charge >= 0.3 is 0 Å². The third kappa shape index (κ3) is 3.76. The van der Waals surface area contributed by atoms with Gasteiger partial charge in [0.05, 0.1) is 4.47 Å². The van der Waals surface area contributed by atoms with Crippen LogP contribution < -0.4 is 5.32 Å². The Morgan fingerprint density at radius 1 is 1.43 bits per heavy atom. The fourth-order valence-corrected chi connectivity index (χ4v) is 1.63. The largest absolute Gasteiger partial charge is 0.314 e. The standard InChI is InChI=1S/C11H15BrFN/c1-8(2)14-6-5-9-3-4-11(13)10(12)7-9/h3-4,7-8,14H,5-6H2,1-2H3. The van der Waals surface area contributed by atoms with Crippen molar-refractivity contribution in [3.05, 3.63) is 34.1 Å². The van der Waals surface area contributed by atoms with E-state index in [0.717, 1.165) is 18.5 Å². The lowest BCUT2D eigenvalue weighted by Crippen LogP contribution is -2.24. The highest BCUT2D eigenvalue weighted by Gasteiger charge is 2.00. The SMILES string of the molecule is CC(C)NCCc1ccc(F)c(Br)c1. The van der Waals surface area contributed by atoms with Crippen LogP contribution in [0.1, 0.15) is 19.4 Å². The topological polar surface area (TPSA) is 12.0 Å². The Labute approximate surface area is 92.8 Å². The van der Waals surface area contributed by atoms with Gasteiger partial charge in [0.25, 0.3) is 0 Å². The van der Waals surface area contributed by atoms with Crippen molar-refractivity contribution in [2.45, 2.75) is 26.3 Å². The minimum Gasteiger partial charge on any atom is -0.314 e. The number of benzene rings is 1. The summed E-state index contributed by atoms with van der Waals surface area (Å²) in [7, 11) is 0. The number of hydrogen-bond donors (Lipinski definition) is 1. The van der Waals surface area contributed by atoms with E-state index < -0.39 is 0 Å². The van der Waals surface area contributed by atoms with Gasteiger partial charge in [-0.2, -0.15) is 0 Å². The molecule has 0 aliphatic carbocycles. The summed E-state index contributed by atoms with van der Waals surface area (Å²) >= 11 is 3.17. The highest BCUT2D eigenvalue weighted by Crippen LogP contribution is 2.16. The van der Waals surface area contributed by atoms with Gasteiger partial charge in [-0.3, -0.25) is 0 Å². The van der Waals surface area contributed by atoms with E-state index >= 15 is 0 Å². The average molecular weight is 260 g/mol. The summed E-state index contributed by atoms with van der Waals surface area (Å²) in [6.45, 7) is 5.15. The maximum Gasteiger partial charge on any atom is 0.137 e. The van der Waals surface area contributed by atoms with Crippen molar-refractivity contribution in [3.63, 3.8) is 0 Å². The Morgan fingerprint density at radius 3 is 2.71 bits per heavy atom. The molecule has 1 aromatic carbocycles. The molecular weight excluding hydrogens is 245 g/mol. The lowest BCUT2D eigenvalue weighted by molar-refractivity contribution is 0.588. The summed E-state index contributed by atoms with van der Waals surface area (Å²) in [6.07, 6.45) is 0.928. The van der Waals surface area contributed by atoms with Gasteiger partial charge in [0.2, 0.25) is 0 Å². The first-order valence-electron chi connectivity index (χ1n) is 4.77. The van der Waals surface area contributed by atoms with Crippen LogP contribution in [0, 0.1) is 5.82 Å². The monoisotopic (exact) mass is 259 g/mol. The normalized spacial score (nSPS) is 10.9. The van der Waals surface area contributed by atoms with Crippen molar-refractivity contribution < 1.29 is 4.39 Å². The molecule has 3 heteroatoms. The van der Waals surface area contributed by atoms with Gasteiger partial charge in [-0.1, -0.05) is 19.9 Å². The van der Waals surface area contributed by atoms with Crippen molar-refractivity contribution in [1.82, 2.24) is 5.32 Å². The molecule has 1 rings (SSSR count). The predicted octanol–water partition coefficient (Wildman–Crippen LogP) is 3.13. The van der Waals surface area contributed by atoms with Crippen molar-refractivity contribution in [2.75, 3.05) is 6.54 Å². The van der Waals surface area contributed by atoms with E-state index in [2.05, 4.69) is 35.1 Å². The van der Waals surface area contributed by atoms with Crippen LogP contribution in [0.4, 0.5) is 4.39 Å². The molecule has 1 nitrogen and oxygen atoms in total. The molecule has 0 aliphatic heterocycles. The zero-order chi connectivity index (χ0) is 10.6. The predicted molar refractivity (Wildman–Crippen MR) is 60.9 cm³/mol. The van der Waals surface area contributed by atoms with Gasteiger partial charge in [-0.05, 0) is 46.6 Å². The van der Waals surface area contributed by atoms with Crippen LogP contribution in [-0.4, -0.2) is 12.6 Å². The molecule has 0 atom stereocenters. The Kier molecular flexibility index (Phi) is 4.55. The van der Waals surface area contributed by atoms with E-state index in [1.807, 2.05) is 12.1 Å². The van der Waals surface area contributed by atoms with E-state index in [1.54, 1.807) is 0 Å². The van der Waals surface area contributed by atoms with Crippen molar-refractivity contribution in [2.24, 2.45) is 0 Å². The molecule has 0 spiro atoms. The first kappa shape index (κ1) is 11.7. The molecule has 1 aromatic rings. The third-order valence-corrected chi connectivity index (χ3v) is 2.56. The van der Waals surface area contributed by atoms with E-state index in [-0.39, 0.29) is 5.82 Å². The van der Waals surface area contributed by atoms with Gasteiger partial charge in [0, 0.05) is 6.04 Å². The summed E-state index contributed by atoms with van der Waals surface area (Å²) in [5.41, 5.74) is 1.14. The first-order chi connectivity index (χ1) is 6.59. The Morgan fingerprint density at radius 2 is 2.14 bits per heavy atom. The molecule has 0 unspecified atom stereocenters. The minimum atomic E-state index is -0.203. The molecular formula is C11H15BrFN. The zero-order valence-electron chi connectivity index (χ0n) is 8.48. The molecule has 0 amide bonds. The smallest absolute Gasteiger partial charge is 0.137 e. The van der Waals surface area contributed by atoms with Gasteiger partial charge < -0.3 is 5.32 Å². The summed E-state index contributed by atoms with van der Waals surface area (Å²) in [5.74, 6) is -0.203. The quantitative estimate of drug-likeness (QED) is 0.877. The fraction of sp³-hybridized carbons (Fsp3) is 0.455. The molecule has 0 bridgehead atoms. The van der Waals surface area contributed by atoms with Crippen LogP contribution in [0.3, 0.4) is 0 Å². The van der Waals surface area contributed by atoms with Crippen LogP contribution in [-0.2, 0) is 6.42 Å². The Balaban J connectivity index is 2.47. The van der Waals surface area contributed by atoms with Gasteiger partial charge in [0.1, 0.15) is 5.82 Å². The molecule has 0 fully saturated rings. The molecule has 78 valence electrons. The van der Waals surface area contributed by atoms with E-state index in [4.69, 9.17) is 0 Å². The number of rotatable bonds is 4. The lowest BCUT2D eigenvalue weighted by atomic mass is 10.1. The molecule has 0 saturated carbocycles. The summed E-state index contributed by atoms with van der Waals surface area (Å²) in [5, 5.41) is 3.32. The van der Waals surface area contributed by atoms with E-state index in [9.17, 15) is 4.39 Å². The second-order valence-corrected chi connectivity index (χ2v) is 4.46. The van der Waals surface area contributed by atoms with Crippen molar-refractivity contribution >= 4 is 15.9 Å². The highest BCUT2D eigenvalue weighted by atomic mass is 79.9. The van der Waals surface area contributed by atoms with E-state index in [0.29, 0.717) is 10.5 Å². The van der Waals surface area contributed by atoms with Crippen molar-refractivity contribution in [1.29, 1.82) is 0 Å². The van der Waals surface area contributed by atoms with Crippen LogP contribution in [0.25, 0.3) is 0 Å². The third-order valence-electron chi connectivity index (χ3n) is 1.95. The van der Waals surface area contributed by atoms with Crippen molar-refractivity contribution in [3.8, 4) is 0 Å². The highest BCUT2D eigenvalue weighted by molar-refractivity contribution is 9.10. The van der Waals surface area contributed by atoms with Crippen LogP contribution in [0.2, 0.25) is 0 Å². The summed E-state index contributed by atoms with van der Waals surface area (Å²) in [6, 6.07) is 5.65. The second kappa shape index (κ2) is 5.47. The van der Waals surface area contributed by atoms with Gasteiger partial charge in [0.15, 0.2) is 0 Å². The van der Waals surface area contributed by atoms with Gasteiger partial charge in [-0.15, -0.1) is 0 Å². The van der Waals surface area contributed by atoms with Gasteiger partial charge in [-0.25, -0.2) is 4.39 Å². The lowest BCUT2D eigenvalue weighted by Gasteiger charge is -2.08. The number of nitrogens with one attached hydrogen (secondary N) is 1. The molecule has 1 N–H and O–H groups in total. The van der Waals surface area contributed by atoms with Crippen LogP contribution in [0.15, 0.2) is 22.7 Å². The summed E-state index contributed by atoms with van der Waals surface area (Å²) in [4.78, 5) is 0. The number of halogens is 2. The molecule has 0 aliphatic rings. The van der Waals surface area contributed by atoms with Crippen LogP contribution >= 0.6 is 15.9 Å².